The summed E-state index contributed by atoms with van der Waals surface area (Å²) in [5.74, 6) is 0. The molecule has 1 aliphatic rings. The van der Waals surface area contributed by atoms with Crippen LogP contribution in [0.4, 0.5) is 0 Å². The van der Waals surface area contributed by atoms with Crippen molar-refractivity contribution in [2.24, 2.45) is 0 Å². The van der Waals surface area contributed by atoms with Gasteiger partial charge in [-0.15, -0.1) is 0 Å². The van der Waals surface area contributed by atoms with Gasteiger partial charge < -0.3 is 5.32 Å². The Morgan fingerprint density at radius 2 is 1.57 bits per heavy atom. The van der Waals surface area contributed by atoms with Crippen LogP contribution in [0, 0.1) is 0 Å². The van der Waals surface area contributed by atoms with Gasteiger partial charge in [0.15, 0.2) is 0 Å². The first kappa shape index (κ1) is 17.4. The number of aromatic nitrogens is 1. The molecule has 0 aliphatic carbocycles. The van der Waals surface area contributed by atoms with Crippen molar-refractivity contribution in [3.05, 3.63) is 90.1 Å². The van der Waals surface area contributed by atoms with Crippen LogP contribution in [0.3, 0.4) is 0 Å². The molecule has 3 heteroatoms. The van der Waals surface area contributed by atoms with E-state index in [1.807, 2.05) is 0 Å². The first-order chi connectivity index (χ1) is 13.9. The highest BCUT2D eigenvalue weighted by Crippen LogP contribution is 2.34. The second-order valence-electron chi connectivity index (χ2n) is 7.54. The van der Waals surface area contributed by atoms with Gasteiger partial charge in [-0.3, -0.25) is 9.88 Å². The van der Waals surface area contributed by atoms with Crippen molar-refractivity contribution in [1.82, 2.24) is 15.2 Å². The molecule has 0 bridgehead atoms. The van der Waals surface area contributed by atoms with Gasteiger partial charge in [0, 0.05) is 25.0 Å². The average Bonchev–Trinajstić information content (AvgIpc) is 3.03. The number of hydrogen-bond acceptors (Lipinski definition) is 3. The molecule has 4 aromatic rings. The molecule has 1 fully saturated rings. The average molecular weight is 367 g/mol. The predicted octanol–water partition coefficient (Wildman–Crippen LogP) is 4.77. The summed E-state index contributed by atoms with van der Waals surface area (Å²) in [6.07, 6.45) is 1.16. The molecule has 1 unspecified atom stereocenters. The van der Waals surface area contributed by atoms with Gasteiger partial charge in [0.2, 0.25) is 0 Å². The van der Waals surface area contributed by atoms with Crippen LogP contribution in [0.25, 0.3) is 21.7 Å². The highest BCUT2D eigenvalue weighted by molar-refractivity contribution is 5.86. The molecular weight excluding hydrogens is 342 g/mol. The topological polar surface area (TPSA) is 28.2 Å². The van der Waals surface area contributed by atoms with Crippen LogP contribution in [0.1, 0.15) is 23.7 Å². The molecule has 0 spiro atoms. The number of rotatable bonds is 3. The Bertz CT molecular complexity index is 1090. The van der Waals surface area contributed by atoms with E-state index < -0.39 is 0 Å². The van der Waals surface area contributed by atoms with Crippen molar-refractivity contribution >= 4 is 21.7 Å². The van der Waals surface area contributed by atoms with E-state index in [1.165, 1.54) is 21.7 Å². The van der Waals surface area contributed by atoms with E-state index in [9.17, 15) is 0 Å². The van der Waals surface area contributed by atoms with Crippen LogP contribution >= 0.6 is 0 Å². The number of nitrogens with one attached hydrogen (secondary N) is 1. The van der Waals surface area contributed by atoms with Crippen molar-refractivity contribution in [1.29, 1.82) is 0 Å². The molecule has 1 aliphatic heterocycles. The lowest BCUT2D eigenvalue weighted by Crippen LogP contribution is -2.33. The smallest absolute Gasteiger partial charge is 0.0783 e. The van der Waals surface area contributed by atoms with Gasteiger partial charge in [0.1, 0.15) is 0 Å². The van der Waals surface area contributed by atoms with Gasteiger partial charge in [0.25, 0.3) is 0 Å². The summed E-state index contributed by atoms with van der Waals surface area (Å²) >= 11 is 0. The number of pyridine rings is 1. The van der Waals surface area contributed by atoms with E-state index in [2.05, 4.69) is 89.1 Å². The minimum atomic E-state index is 0.163. The third-order valence-electron chi connectivity index (χ3n) is 5.76. The van der Waals surface area contributed by atoms with Gasteiger partial charge in [-0.2, -0.15) is 0 Å². The largest absolute Gasteiger partial charge is 0.315 e. The summed E-state index contributed by atoms with van der Waals surface area (Å²) in [5, 5.41) is 7.35. The number of fused-ring (bicyclic) bond motifs is 2. The van der Waals surface area contributed by atoms with Gasteiger partial charge >= 0.3 is 0 Å². The Morgan fingerprint density at radius 3 is 2.54 bits per heavy atom. The molecule has 140 valence electrons. The summed E-state index contributed by atoms with van der Waals surface area (Å²) < 4.78 is 0. The van der Waals surface area contributed by atoms with E-state index in [0.717, 1.165) is 43.8 Å². The summed E-state index contributed by atoms with van der Waals surface area (Å²) in [4.78, 5) is 7.70. The molecule has 3 aromatic carbocycles. The SMILES string of the molecule is c1ccc2nc(C(c3cccc4ccccc34)N3CCCNCC3)ccc2c1. The second-order valence-corrected chi connectivity index (χ2v) is 7.54. The van der Waals surface area contributed by atoms with Gasteiger partial charge in [-0.25, -0.2) is 0 Å². The Morgan fingerprint density at radius 1 is 0.750 bits per heavy atom. The molecule has 1 N–H and O–H groups in total. The van der Waals surface area contributed by atoms with Crippen molar-refractivity contribution in [3.63, 3.8) is 0 Å². The molecule has 0 saturated carbocycles. The minimum Gasteiger partial charge on any atom is -0.315 e. The molecule has 28 heavy (non-hydrogen) atoms. The Kier molecular flexibility index (Phi) is 4.78. The first-order valence-electron chi connectivity index (χ1n) is 10.2. The Labute approximate surface area is 166 Å². The second kappa shape index (κ2) is 7.70. The zero-order valence-corrected chi connectivity index (χ0v) is 16.0. The maximum atomic E-state index is 5.10. The lowest BCUT2D eigenvalue weighted by atomic mass is 9.94. The fourth-order valence-electron chi connectivity index (χ4n) is 4.39. The Balaban J connectivity index is 1.69. The lowest BCUT2D eigenvalue weighted by molar-refractivity contribution is 0.239. The van der Waals surface area contributed by atoms with Crippen LogP contribution in [-0.4, -0.2) is 36.1 Å². The van der Waals surface area contributed by atoms with Crippen molar-refractivity contribution in [2.45, 2.75) is 12.5 Å². The highest BCUT2D eigenvalue weighted by Gasteiger charge is 2.26. The quantitative estimate of drug-likeness (QED) is 0.565. The fourth-order valence-corrected chi connectivity index (χ4v) is 4.39. The molecule has 1 aromatic heterocycles. The zero-order chi connectivity index (χ0) is 18.8. The van der Waals surface area contributed by atoms with Crippen LogP contribution < -0.4 is 5.32 Å². The molecule has 3 nitrogen and oxygen atoms in total. The standard InChI is InChI=1S/C25H25N3/c1-3-10-21-19(7-1)9-5-11-22(21)25(28-17-6-15-26-16-18-28)24-14-13-20-8-2-4-12-23(20)27-24/h1-5,7-14,25-26H,6,15-18H2. The summed E-state index contributed by atoms with van der Waals surface area (Å²) in [5.41, 5.74) is 3.55. The number of nitrogens with zero attached hydrogens (tertiary/aromatic N) is 2. The molecule has 2 heterocycles. The molecular formula is C25H25N3. The summed E-state index contributed by atoms with van der Waals surface area (Å²) in [6, 6.07) is 28.4. The molecule has 1 saturated heterocycles. The highest BCUT2D eigenvalue weighted by atomic mass is 15.2. The maximum Gasteiger partial charge on any atom is 0.0783 e. The van der Waals surface area contributed by atoms with Crippen LogP contribution in [0.15, 0.2) is 78.9 Å². The van der Waals surface area contributed by atoms with Gasteiger partial charge in [-0.1, -0.05) is 66.7 Å². The fraction of sp³-hybridized carbons (Fsp3) is 0.240. The zero-order valence-electron chi connectivity index (χ0n) is 16.0. The monoisotopic (exact) mass is 367 g/mol. The summed E-state index contributed by atoms with van der Waals surface area (Å²) in [7, 11) is 0. The van der Waals surface area contributed by atoms with E-state index >= 15 is 0 Å². The normalized spacial score (nSPS) is 16.9. The van der Waals surface area contributed by atoms with Crippen LogP contribution in [0.5, 0.6) is 0 Å². The molecule has 1 atom stereocenters. The van der Waals surface area contributed by atoms with E-state index in [0.29, 0.717) is 0 Å². The van der Waals surface area contributed by atoms with E-state index in [4.69, 9.17) is 4.98 Å². The van der Waals surface area contributed by atoms with E-state index in [-0.39, 0.29) is 6.04 Å². The lowest BCUT2D eigenvalue weighted by Gasteiger charge is -2.31. The number of hydrogen-bond donors (Lipinski definition) is 1. The van der Waals surface area contributed by atoms with E-state index in [1.54, 1.807) is 0 Å². The predicted molar refractivity (Wildman–Crippen MR) is 117 cm³/mol. The van der Waals surface area contributed by atoms with Crippen molar-refractivity contribution in [3.8, 4) is 0 Å². The minimum absolute atomic E-state index is 0.163. The third kappa shape index (κ3) is 3.28. The number of para-hydroxylation sites is 1. The number of benzene rings is 3. The third-order valence-corrected chi connectivity index (χ3v) is 5.76. The Hall–Kier alpha value is -2.75. The van der Waals surface area contributed by atoms with Gasteiger partial charge in [-0.05, 0) is 41.4 Å². The molecule has 0 amide bonds. The summed E-state index contributed by atoms with van der Waals surface area (Å²) in [6.45, 7) is 4.22. The van der Waals surface area contributed by atoms with Crippen molar-refractivity contribution < 1.29 is 0 Å². The molecule has 0 radical (unpaired) electrons. The van der Waals surface area contributed by atoms with Crippen LogP contribution in [-0.2, 0) is 0 Å². The maximum absolute atomic E-state index is 5.10. The first-order valence-corrected chi connectivity index (χ1v) is 10.2. The van der Waals surface area contributed by atoms with Crippen molar-refractivity contribution in [2.75, 3.05) is 26.2 Å². The molecule has 5 rings (SSSR count). The van der Waals surface area contributed by atoms with Gasteiger partial charge in [0.05, 0.1) is 17.3 Å². The van der Waals surface area contributed by atoms with Crippen LogP contribution in [0.2, 0.25) is 0 Å².